The number of aryl methyl sites for hydroxylation is 1. The monoisotopic (exact) mass is 204 g/mol. The van der Waals surface area contributed by atoms with E-state index in [1.165, 1.54) is 13.0 Å². The first-order valence-electron chi connectivity index (χ1n) is 4.53. The second-order valence-electron chi connectivity index (χ2n) is 3.30. The number of carboxylic acids is 1. The lowest BCUT2D eigenvalue weighted by Gasteiger charge is -2.02. The van der Waals surface area contributed by atoms with Crippen molar-refractivity contribution in [1.29, 1.82) is 0 Å². The van der Waals surface area contributed by atoms with Crippen molar-refractivity contribution in [2.24, 2.45) is 0 Å². The lowest BCUT2D eigenvalue weighted by atomic mass is 10.0. The van der Waals surface area contributed by atoms with E-state index >= 15 is 0 Å². The van der Waals surface area contributed by atoms with E-state index < -0.39 is 5.97 Å². The highest BCUT2D eigenvalue weighted by Gasteiger charge is 2.01. The first kappa shape index (κ1) is 11.2. The maximum atomic E-state index is 11.1. The first-order valence-corrected chi connectivity index (χ1v) is 4.53. The van der Waals surface area contributed by atoms with Crippen LogP contribution in [-0.4, -0.2) is 16.9 Å². The highest BCUT2D eigenvalue weighted by molar-refractivity contribution is 5.95. The van der Waals surface area contributed by atoms with Crippen LogP contribution in [-0.2, 0) is 4.79 Å². The Kier molecular flexibility index (Phi) is 3.39. The van der Waals surface area contributed by atoms with Crippen molar-refractivity contribution in [1.82, 2.24) is 0 Å². The molecule has 0 fully saturated rings. The van der Waals surface area contributed by atoms with E-state index in [1.807, 2.05) is 6.92 Å². The number of rotatable bonds is 3. The van der Waals surface area contributed by atoms with Gasteiger partial charge < -0.3 is 5.11 Å². The lowest BCUT2D eigenvalue weighted by Crippen LogP contribution is -1.94. The summed E-state index contributed by atoms with van der Waals surface area (Å²) < 4.78 is 0. The van der Waals surface area contributed by atoms with Crippen molar-refractivity contribution < 1.29 is 14.7 Å². The Hall–Kier alpha value is -1.90. The van der Waals surface area contributed by atoms with E-state index in [9.17, 15) is 9.59 Å². The number of aliphatic carboxylic acids is 1. The van der Waals surface area contributed by atoms with Crippen LogP contribution >= 0.6 is 0 Å². The Balaban J connectivity index is 3.11. The number of benzene rings is 1. The predicted octanol–water partition coefficient (Wildman–Crippen LogP) is 2.30. The molecule has 0 atom stereocenters. The van der Waals surface area contributed by atoms with Gasteiger partial charge in [0.05, 0.1) is 0 Å². The Morgan fingerprint density at radius 1 is 1.33 bits per heavy atom. The van der Waals surface area contributed by atoms with Crippen LogP contribution in [0, 0.1) is 6.92 Å². The van der Waals surface area contributed by atoms with Crippen LogP contribution in [0.5, 0.6) is 0 Å². The van der Waals surface area contributed by atoms with Gasteiger partial charge in [-0.1, -0.05) is 12.1 Å². The zero-order valence-corrected chi connectivity index (χ0v) is 8.65. The topological polar surface area (TPSA) is 54.4 Å². The molecule has 0 bridgehead atoms. The summed E-state index contributed by atoms with van der Waals surface area (Å²) in [7, 11) is 0. The van der Waals surface area contributed by atoms with Gasteiger partial charge in [-0.2, -0.15) is 0 Å². The molecule has 0 aromatic heterocycles. The molecule has 0 unspecified atom stereocenters. The highest BCUT2D eigenvalue weighted by Crippen LogP contribution is 2.13. The number of carbonyl (C=O) groups excluding carboxylic acids is 1. The quantitative estimate of drug-likeness (QED) is 0.607. The van der Waals surface area contributed by atoms with Crippen LogP contribution in [0.25, 0.3) is 6.08 Å². The van der Waals surface area contributed by atoms with Gasteiger partial charge in [-0.25, -0.2) is 4.79 Å². The average molecular weight is 204 g/mol. The largest absolute Gasteiger partial charge is 0.478 e. The van der Waals surface area contributed by atoms with E-state index in [4.69, 9.17) is 5.11 Å². The molecule has 0 aliphatic carbocycles. The van der Waals surface area contributed by atoms with E-state index in [-0.39, 0.29) is 5.78 Å². The minimum atomic E-state index is -0.998. The molecule has 0 saturated heterocycles. The van der Waals surface area contributed by atoms with Crippen molar-refractivity contribution >= 4 is 17.8 Å². The SMILES string of the molecule is CC(=O)c1ccc(C)c(C=CC(=O)O)c1. The van der Waals surface area contributed by atoms with Crippen LogP contribution in [0.1, 0.15) is 28.4 Å². The Bertz CT molecular complexity index is 430. The molecule has 0 aliphatic rings. The number of hydrogen-bond acceptors (Lipinski definition) is 2. The summed E-state index contributed by atoms with van der Waals surface area (Å²) in [6.45, 7) is 3.35. The molecule has 0 saturated carbocycles. The third-order valence-electron chi connectivity index (χ3n) is 2.09. The molecule has 0 aliphatic heterocycles. The van der Waals surface area contributed by atoms with Crippen LogP contribution in [0.3, 0.4) is 0 Å². The summed E-state index contributed by atoms with van der Waals surface area (Å²) in [6.07, 6.45) is 2.55. The lowest BCUT2D eigenvalue weighted by molar-refractivity contribution is -0.131. The highest BCUT2D eigenvalue weighted by atomic mass is 16.4. The van der Waals surface area contributed by atoms with Gasteiger partial charge in [-0.05, 0) is 37.1 Å². The third kappa shape index (κ3) is 3.06. The maximum Gasteiger partial charge on any atom is 0.328 e. The van der Waals surface area contributed by atoms with Gasteiger partial charge in [0.25, 0.3) is 0 Å². The Morgan fingerprint density at radius 3 is 2.53 bits per heavy atom. The fourth-order valence-electron chi connectivity index (χ4n) is 1.20. The summed E-state index contributed by atoms with van der Waals surface area (Å²) in [6, 6.07) is 5.23. The molecule has 0 amide bonds. The fourth-order valence-corrected chi connectivity index (χ4v) is 1.20. The van der Waals surface area contributed by atoms with Gasteiger partial charge >= 0.3 is 5.97 Å². The minimum absolute atomic E-state index is 0.0278. The van der Waals surface area contributed by atoms with Gasteiger partial charge in [-0.3, -0.25) is 4.79 Å². The molecule has 1 N–H and O–H groups in total. The van der Waals surface area contributed by atoms with Gasteiger partial charge in [-0.15, -0.1) is 0 Å². The minimum Gasteiger partial charge on any atom is -0.478 e. The van der Waals surface area contributed by atoms with E-state index in [1.54, 1.807) is 18.2 Å². The molecular formula is C12H12O3. The number of carbonyl (C=O) groups is 2. The van der Waals surface area contributed by atoms with Crippen molar-refractivity contribution in [2.45, 2.75) is 13.8 Å². The van der Waals surface area contributed by atoms with Gasteiger partial charge in [0.1, 0.15) is 0 Å². The van der Waals surface area contributed by atoms with Gasteiger partial charge in [0.15, 0.2) is 5.78 Å². The molecule has 0 radical (unpaired) electrons. The van der Waals surface area contributed by atoms with Gasteiger partial charge in [0.2, 0.25) is 0 Å². The molecule has 15 heavy (non-hydrogen) atoms. The summed E-state index contributed by atoms with van der Waals surface area (Å²) in [5.41, 5.74) is 2.29. The smallest absolute Gasteiger partial charge is 0.328 e. The van der Waals surface area contributed by atoms with Crippen molar-refractivity contribution in [2.75, 3.05) is 0 Å². The zero-order valence-electron chi connectivity index (χ0n) is 8.65. The number of Topliss-reactive ketones (excluding diaryl/α,β-unsaturated/α-hetero) is 1. The van der Waals surface area contributed by atoms with Crippen LogP contribution in [0.15, 0.2) is 24.3 Å². The average Bonchev–Trinajstić information content (AvgIpc) is 2.16. The predicted molar refractivity (Wildman–Crippen MR) is 57.9 cm³/mol. The summed E-state index contributed by atoms with van der Waals surface area (Å²) in [5, 5.41) is 8.49. The normalized spacial score (nSPS) is 10.5. The van der Waals surface area contributed by atoms with Crippen LogP contribution in [0.2, 0.25) is 0 Å². The number of carboxylic acid groups (broad SMARTS) is 1. The van der Waals surface area contributed by atoms with Crippen molar-refractivity contribution in [3.8, 4) is 0 Å². The second-order valence-corrected chi connectivity index (χ2v) is 3.30. The number of hydrogen-bond donors (Lipinski definition) is 1. The Morgan fingerprint density at radius 2 is 2.00 bits per heavy atom. The molecule has 3 nitrogen and oxygen atoms in total. The molecule has 78 valence electrons. The Labute approximate surface area is 88.0 Å². The maximum absolute atomic E-state index is 11.1. The van der Waals surface area contributed by atoms with Gasteiger partial charge in [0, 0.05) is 11.6 Å². The molecule has 1 aromatic carbocycles. The standard InChI is InChI=1S/C12H12O3/c1-8-3-4-11(9(2)13)7-10(8)5-6-12(14)15/h3-7H,1-2H3,(H,14,15). The van der Waals surface area contributed by atoms with E-state index in [0.29, 0.717) is 5.56 Å². The first-order chi connectivity index (χ1) is 7.00. The van der Waals surface area contributed by atoms with Crippen LogP contribution < -0.4 is 0 Å². The zero-order chi connectivity index (χ0) is 11.4. The summed E-state index contributed by atoms with van der Waals surface area (Å²) >= 11 is 0. The van der Waals surface area contributed by atoms with Crippen molar-refractivity contribution in [3.63, 3.8) is 0 Å². The molecular weight excluding hydrogens is 192 g/mol. The van der Waals surface area contributed by atoms with E-state index in [0.717, 1.165) is 17.2 Å². The summed E-state index contributed by atoms with van der Waals surface area (Å²) in [5.74, 6) is -1.03. The van der Waals surface area contributed by atoms with Crippen molar-refractivity contribution in [3.05, 3.63) is 41.0 Å². The van der Waals surface area contributed by atoms with Crippen LogP contribution in [0.4, 0.5) is 0 Å². The summed E-state index contributed by atoms with van der Waals surface area (Å²) in [4.78, 5) is 21.5. The van der Waals surface area contributed by atoms with E-state index in [2.05, 4.69) is 0 Å². The molecule has 0 spiro atoms. The fraction of sp³-hybridized carbons (Fsp3) is 0.167. The molecule has 1 aromatic rings. The second kappa shape index (κ2) is 4.55. The molecule has 3 heteroatoms. The molecule has 1 rings (SSSR count). The molecule has 0 heterocycles. The third-order valence-corrected chi connectivity index (χ3v) is 2.09. The number of ketones is 1.